The average Bonchev–Trinajstić information content (AvgIpc) is 3.04. The monoisotopic (exact) mass is 350 g/mol. The van der Waals surface area contributed by atoms with Gasteiger partial charge in [0.25, 0.3) is 5.91 Å². The standard InChI is InChI=1S/C19H18N4O3/c1-3-26-19(25)14-8-4-5-9-16(14)22-18(24)15-12-21-23(13(15)2)17-10-6-7-11-20-17/h4-12H,3H2,1-2H3,(H,22,24). The second-order valence-corrected chi connectivity index (χ2v) is 5.46. The first kappa shape index (κ1) is 17.3. The van der Waals surface area contributed by atoms with Crippen LogP contribution in [0.4, 0.5) is 5.69 Å². The van der Waals surface area contributed by atoms with Crippen molar-refractivity contribution >= 4 is 17.6 Å². The van der Waals surface area contributed by atoms with Gasteiger partial charge in [0.1, 0.15) is 0 Å². The number of esters is 1. The Morgan fingerprint density at radius 2 is 1.88 bits per heavy atom. The molecule has 26 heavy (non-hydrogen) atoms. The van der Waals surface area contributed by atoms with Crippen molar-refractivity contribution in [2.24, 2.45) is 0 Å². The summed E-state index contributed by atoms with van der Waals surface area (Å²) in [7, 11) is 0. The molecule has 0 spiro atoms. The normalized spacial score (nSPS) is 10.4. The Morgan fingerprint density at radius 1 is 1.12 bits per heavy atom. The van der Waals surface area contributed by atoms with Gasteiger partial charge in [-0.1, -0.05) is 18.2 Å². The molecule has 7 nitrogen and oxygen atoms in total. The lowest BCUT2D eigenvalue weighted by molar-refractivity contribution is 0.0527. The lowest BCUT2D eigenvalue weighted by Crippen LogP contribution is -2.16. The topological polar surface area (TPSA) is 86.1 Å². The zero-order valence-electron chi connectivity index (χ0n) is 14.5. The summed E-state index contributed by atoms with van der Waals surface area (Å²) in [5, 5.41) is 7.00. The third-order valence-electron chi connectivity index (χ3n) is 3.79. The summed E-state index contributed by atoms with van der Waals surface area (Å²) in [5.74, 6) is -0.221. The number of benzene rings is 1. The molecular formula is C19H18N4O3. The molecule has 0 bridgehead atoms. The van der Waals surface area contributed by atoms with Gasteiger partial charge in [0.2, 0.25) is 0 Å². The van der Waals surface area contributed by atoms with E-state index in [0.29, 0.717) is 28.3 Å². The Morgan fingerprint density at radius 3 is 2.62 bits per heavy atom. The molecule has 0 saturated carbocycles. The third kappa shape index (κ3) is 3.46. The summed E-state index contributed by atoms with van der Waals surface area (Å²) in [4.78, 5) is 28.9. The number of carbonyl (C=O) groups is 2. The minimum atomic E-state index is -0.482. The summed E-state index contributed by atoms with van der Waals surface area (Å²) in [6.45, 7) is 3.78. The molecule has 2 heterocycles. The summed E-state index contributed by atoms with van der Waals surface area (Å²) < 4.78 is 6.62. The number of aromatic nitrogens is 3. The molecule has 3 aromatic rings. The van der Waals surface area contributed by atoms with Crippen molar-refractivity contribution in [1.82, 2.24) is 14.8 Å². The predicted octanol–water partition coefficient (Wildman–Crippen LogP) is 3.00. The van der Waals surface area contributed by atoms with E-state index in [1.54, 1.807) is 55.1 Å². The number of nitrogens with one attached hydrogen (secondary N) is 1. The Bertz CT molecular complexity index is 935. The molecule has 7 heteroatoms. The minimum Gasteiger partial charge on any atom is -0.462 e. The van der Waals surface area contributed by atoms with E-state index in [9.17, 15) is 9.59 Å². The van der Waals surface area contributed by atoms with Crippen molar-refractivity contribution in [2.45, 2.75) is 13.8 Å². The van der Waals surface area contributed by atoms with E-state index in [2.05, 4.69) is 15.4 Å². The average molecular weight is 350 g/mol. The maximum absolute atomic E-state index is 12.7. The summed E-state index contributed by atoms with van der Waals surface area (Å²) >= 11 is 0. The van der Waals surface area contributed by atoms with Crippen LogP contribution >= 0.6 is 0 Å². The van der Waals surface area contributed by atoms with Crippen molar-refractivity contribution in [1.29, 1.82) is 0 Å². The third-order valence-corrected chi connectivity index (χ3v) is 3.79. The fourth-order valence-electron chi connectivity index (χ4n) is 2.51. The lowest BCUT2D eigenvalue weighted by atomic mass is 10.1. The number of para-hydroxylation sites is 1. The fourth-order valence-corrected chi connectivity index (χ4v) is 2.51. The van der Waals surface area contributed by atoms with Crippen molar-refractivity contribution in [3.05, 3.63) is 71.7 Å². The first-order valence-electron chi connectivity index (χ1n) is 8.15. The Labute approximate surface area is 150 Å². The van der Waals surface area contributed by atoms with Crippen LogP contribution in [0.25, 0.3) is 5.82 Å². The summed E-state index contributed by atoms with van der Waals surface area (Å²) in [6, 6.07) is 12.2. The number of ether oxygens (including phenoxy) is 1. The number of rotatable bonds is 5. The van der Waals surface area contributed by atoms with Crippen molar-refractivity contribution in [2.75, 3.05) is 11.9 Å². The van der Waals surface area contributed by atoms with Gasteiger partial charge in [0.15, 0.2) is 5.82 Å². The van der Waals surface area contributed by atoms with Crippen LogP contribution in [0.5, 0.6) is 0 Å². The molecule has 2 aromatic heterocycles. The highest BCUT2D eigenvalue weighted by molar-refractivity contribution is 6.08. The smallest absolute Gasteiger partial charge is 0.340 e. The molecule has 0 aliphatic carbocycles. The van der Waals surface area contributed by atoms with Gasteiger partial charge < -0.3 is 10.1 Å². The second kappa shape index (κ2) is 7.60. The van der Waals surface area contributed by atoms with E-state index < -0.39 is 5.97 Å². The fraction of sp³-hybridized carbons (Fsp3) is 0.158. The van der Waals surface area contributed by atoms with Crippen LogP contribution in [0.2, 0.25) is 0 Å². The predicted molar refractivity (Wildman–Crippen MR) is 96.4 cm³/mol. The van der Waals surface area contributed by atoms with Gasteiger partial charge in [-0.25, -0.2) is 14.5 Å². The van der Waals surface area contributed by atoms with Crippen molar-refractivity contribution < 1.29 is 14.3 Å². The molecular weight excluding hydrogens is 332 g/mol. The zero-order valence-corrected chi connectivity index (χ0v) is 14.5. The van der Waals surface area contributed by atoms with Gasteiger partial charge in [-0.3, -0.25) is 4.79 Å². The van der Waals surface area contributed by atoms with Crippen LogP contribution in [0, 0.1) is 6.92 Å². The molecule has 0 unspecified atom stereocenters. The number of nitrogens with zero attached hydrogens (tertiary/aromatic N) is 3. The zero-order chi connectivity index (χ0) is 18.5. The molecule has 0 radical (unpaired) electrons. The van der Waals surface area contributed by atoms with Crippen LogP contribution in [0.3, 0.4) is 0 Å². The van der Waals surface area contributed by atoms with Gasteiger partial charge in [-0.2, -0.15) is 5.10 Å². The van der Waals surface area contributed by atoms with Crippen LogP contribution in [0.15, 0.2) is 54.9 Å². The van der Waals surface area contributed by atoms with E-state index in [-0.39, 0.29) is 12.5 Å². The Balaban J connectivity index is 1.86. The lowest BCUT2D eigenvalue weighted by Gasteiger charge is -2.10. The molecule has 0 aliphatic rings. The number of anilines is 1. The molecule has 0 saturated heterocycles. The van der Waals surface area contributed by atoms with Crippen molar-refractivity contribution in [3.63, 3.8) is 0 Å². The second-order valence-electron chi connectivity index (χ2n) is 5.46. The van der Waals surface area contributed by atoms with Gasteiger partial charge in [0.05, 0.1) is 35.3 Å². The number of pyridine rings is 1. The Hall–Kier alpha value is -3.48. The summed E-state index contributed by atoms with van der Waals surface area (Å²) in [6.07, 6.45) is 3.14. The molecule has 0 fully saturated rings. The van der Waals surface area contributed by atoms with Gasteiger partial charge in [-0.05, 0) is 38.1 Å². The molecule has 1 aromatic carbocycles. The van der Waals surface area contributed by atoms with Crippen LogP contribution in [0.1, 0.15) is 33.3 Å². The van der Waals surface area contributed by atoms with E-state index in [1.165, 1.54) is 6.20 Å². The molecule has 0 aliphatic heterocycles. The molecule has 0 atom stereocenters. The quantitative estimate of drug-likeness (QED) is 0.715. The largest absolute Gasteiger partial charge is 0.462 e. The molecule has 132 valence electrons. The maximum atomic E-state index is 12.7. The highest BCUT2D eigenvalue weighted by atomic mass is 16.5. The van der Waals surface area contributed by atoms with Crippen LogP contribution in [-0.4, -0.2) is 33.2 Å². The molecule has 1 N–H and O–H groups in total. The Kier molecular flexibility index (Phi) is 5.07. The van der Waals surface area contributed by atoms with Gasteiger partial charge in [0, 0.05) is 6.20 Å². The number of amides is 1. The summed E-state index contributed by atoms with van der Waals surface area (Å²) in [5.41, 5.74) is 1.74. The molecule has 1 amide bonds. The highest BCUT2D eigenvalue weighted by Crippen LogP contribution is 2.19. The first-order chi connectivity index (χ1) is 12.6. The van der Waals surface area contributed by atoms with Gasteiger partial charge in [-0.15, -0.1) is 0 Å². The SMILES string of the molecule is CCOC(=O)c1ccccc1NC(=O)c1cnn(-c2ccccn2)c1C. The van der Waals surface area contributed by atoms with Crippen LogP contribution in [-0.2, 0) is 4.74 Å². The van der Waals surface area contributed by atoms with Gasteiger partial charge >= 0.3 is 5.97 Å². The van der Waals surface area contributed by atoms with E-state index in [1.807, 2.05) is 12.1 Å². The van der Waals surface area contributed by atoms with E-state index in [0.717, 1.165) is 0 Å². The first-order valence-corrected chi connectivity index (χ1v) is 8.15. The van der Waals surface area contributed by atoms with Crippen molar-refractivity contribution in [3.8, 4) is 5.82 Å². The van der Waals surface area contributed by atoms with Crippen LogP contribution < -0.4 is 5.32 Å². The number of carbonyl (C=O) groups excluding carboxylic acids is 2. The minimum absolute atomic E-state index is 0.261. The number of hydrogen-bond acceptors (Lipinski definition) is 5. The molecule has 3 rings (SSSR count). The highest BCUT2D eigenvalue weighted by Gasteiger charge is 2.19. The number of hydrogen-bond donors (Lipinski definition) is 1. The van der Waals surface area contributed by atoms with E-state index >= 15 is 0 Å². The maximum Gasteiger partial charge on any atom is 0.340 e. The van der Waals surface area contributed by atoms with E-state index in [4.69, 9.17) is 4.74 Å².